The van der Waals surface area contributed by atoms with E-state index in [1.165, 1.54) is 0 Å². The molecule has 1 aliphatic heterocycles. The Morgan fingerprint density at radius 3 is 2.18 bits per heavy atom. The zero-order valence-corrected chi connectivity index (χ0v) is 17.1. The van der Waals surface area contributed by atoms with Crippen molar-refractivity contribution in [3.05, 3.63) is 41.1 Å². The number of aromatic nitrogens is 2. The zero-order chi connectivity index (χ0) is 25.0. The summed E-state index contributed by atoms with van der Waals surface area (Å²) < 4.78 is 69.9. The van der Waals surface area contributed by atoms with E-state index in [4.69, 9.17) is 9.90 Å². The second-order valence-electron chi connectivity index (χ2n) is 7.20. The maximum absolute atomic E-state index is 12.7. The Hall–Kier alpha value is -3.22. The number of carbonyl (C=O) groups is 2. The molecule has 1 aromatic heterocycles. The first kappa shape index (κ1) is 26.0. The number of carboxylic acid groups (broad SMARTS) is 1. The Bertz CT molecular complexity index is 1020. The number of aryl methyl sites for hydroxylation is 1. The number of nitrogens with zero attached hydrogens (tertiary/aromatic N) is 2. The van der Waals surface area contributed by atoms with Crippen LogP contribution < -0.4 is 5.32 Å². The van der Waals surface area contributed by atoms with Crippen molar-refractivity contribution in [3.8, 4) is 17.0 Å². The van der Waals surface area contributed by atoms with Gasteiger partial charge in [-0.05, 0) is 56.1 Å². The van der Waals surface area contributed by atoms with Gasteiger partial charge in [0.25, 0.3) is 0 Å². The number of nitrogens with one attached hydrogen (secondary N) is 1. The number of aliphatic carboxylic acids is 1. The Morgan fingerprint density at radius 2 is 1.73 bits per heavy atom. The minimum absolute atomic E-state index is 0.101. The molecule has 7 nitrogen and oxygen atoms in total. The number of hydrogen-bond acceptors (Lipinski definition) is 6. The van der Waals surface area contributed by atoms with Gasteiger partial charge in [0.15, 0.2) is 5.78 Å². The predicted molar refractivity (Wildman–Crippen MR) is 102 cm³/mol. The van der Waals surface area contributed by atoms with Crippen molar-refractivity contribution in [2.45, 2.75) is 32.1 Å². The van der Waals surface area contributed by atoms with E-state index in [1.54, 1.807) is 13.0 Å². The number of ketones is 1. The summed E-state index contributed by atoms with van der Waals surface area (Å²) in [5.41, 5.74) is 0.227. The summed E-state index contributed by atoms with van der Waals surface area (Å²) in [6.07, 6.45) is -7.92. The molecule has 1 saturated heterocycles. The number of piperidine rings is 1. The highest BCUT2D eigenvalue weighted by Crippen LogP contribution is 2.36. The molecule has 3 N–H and O–H groups in total. The fourth-order valence-corrected chi connectivity index (χ4v) is 3.06. The minimum Gasteiger partial charge on any atom is -0.507 e. The Balaban J connectivity index is 0.000000479. The van der Waals surface area contributed by atoms with Crippen LogP contribution in [0.3, 0.4) is 0 Å². The fraction of sp³-hybridized carbons (Fsp3) is 0.400. The smallest absolute Gasteiger partial charge is 0.490 e. The van der Waals surface area contributed by atoms with E-state index in [2.05, 4.69) is 15.5 Å². The monoisotopic (exact) mass is 479 g/mol. The number of Topliss-reactive ketones (excluding diaryl/α,β-unsaturated/α-hetero) is 1. The van der Waals surface area contributed by atoms with E-state index in [9.17, 15) is 36.2 Å². The third-order valence-electron chi connectivity index (χ3n) is 4.73. The predicted octanol–water partition coefficient (Wildman–Crippen LogP) is 3.99. The molecular weight excluding hydrogens is 460 g/mol. The van der Waals surface area contributed by atoms with E-state index in [-0.39, 0.29) is 28.7 Å². The Kier molecular flexibility index (Phi) is 8.01. The van der Waals surface area contributed by atoms with Crippen molar-refractivity contribution < 1.29 is 46.1 Å². The van der Waals surface area contributed by atoms with Crippen LogP contribution in [0.4, 0.5) is 26.3 Å². The molecule has 1 unspecified atom stereocenters. The van der Waals surface area contributed by atoms with Gasteiger partial charge in [0.05, 0.1) is 11.3 Å². The van der Waals surface area contributed by atoms with Gasteiger partial charge < -0.3 is 15.5 Å². The first-order chi connectivity index (χ1) is 15.2. The standard InChI is InChI=1S/C18H18F3N3O2.C2HF3O2/c1-10-7-14(17(26)11-3-2-6-22-9-11)23-24-16(10)13-5-4-12(8-15(13)25)18(19,20)21;3-2(4,5)1(6)7/h4-5,7-8,11,22,25H,2-3,6,9H2,1H3;(H,6,7). The van der Waals surface area contributed by atoms with Crippen LogP contribution in [0, 0.1) is 12.8 Å². The summed E-state index contributed by atoms with van der Waals surface area (Å²) >= 11 is 0. The molecule has 33 heavy (non-hydrogen) atoms. The summed E-state index contributed by atoms with van der Waals surface area (Å²) in [5, 5.41) is 28.2. The van der Waals surface area contributed by atoms with Gasteiger partial charge in [-0.15, -0.1) is 10.2 Å². The fourth-order valence-electron chi connectivity index (χ4n) is 3.06. The lowest BCUT2D eigenvalue weighted by Gasteiger charge is -2.21. The summed E-state index contributed by atoms with van der Waals surface area (Å²) in [4.78, 5) is 21.4. The lowest BCUT2D eigenvalue weighted by atomic mass is 9.92. The molecule has 13 heteroatoms. The number of carbonyl (C=O) groups excluding carboxylic acids is 1. The molecule has 1 aliphatic rings. The van der Waals surface area contributed by atoms with Crippen molar-refractivity contribution in [2.75, 3.05) is 13.1 Å². The van der Waals surface area contributed by atoms with E-state index >= 15 is 0 Å². The number of aromatic hydroxyl groups is 1. The van der Waals surface area contributed by atoms with Crippen molar-refractivity contribution in [2.24, 2.45) is 5.92 Å². The van der Waals surface area contributed by atoms with Gasteiger partial charge in [-0.25, -0.2) is 4.79 Å². The Labute approximate surface area is 183 Å². The quantitative estimate of drug-likeness (QED) is 0.451. The first-order valence-electron chi connectivity index (χ1n) is 9.51. The van der Waals surface area contributed by atoms with Crippen LogP contribution in [0.15, 0.2) is 24.3 Å². The molecule has 0 amide bonds. The second-order valence-corrected chi connectivity index (χ2v) is 7.20. The number of rotatable bonds is 3. The summed E-state index contributed by atoms with van der Waals surface area (Å²) in [6.45, 7) is 3.17. The highest BCUT2D eigenvalue weighted by Gasteiger charge is 2.38. The van der Waals surface area contributed by atoms with Gasteiger partial charge in [0, 0.05) is 18.0 Å². The van der Waals surface area contributed by atoms with Crippen LogP contribution in [0.2, 0.25) is 0 Å². The minimum atomic E-state index is -5.08. The van der Waals surface area contributed by atoms with Crippen molar-refractivity contribution in [3.63, 3.8) is 0 Å². The molecule has 0 aliphatic carbocycles. The zero-order valence-electron chi connectivity index (χ0n) is 17.1. The molecule has 1 atom stereocenters. The van der Waals surface area contributed by atoms with E-state index in [0.717, 1.165) is 31.5 Å². The number of halogens is 6. The van der Waals surface area contributed by atoms with Crippen LogP contribution in [-0.2, 0) is 11.0 Å². The van der Waals surface area contributed by atoms with E-state index < -0.39 is 29.6 Å². The average Bonchev–Trinajstić information content (AvgIpc) is 2.73. The van der Waals surface area contributed by atoms with Gasteiger partial charge in [0.2, 0.25) is 0 Å². The molecular formula is C20H19F6N3O4. The molecule has 0 bridgehead atoms. The number of alkyl halides is 6. The molecule has 2 aromatic rings. The van der Waals surface area contributed by atoms with Crippen LogP contribution in [-0.4, -0.2) is 51.4 Å². The average molecular weight is 479 g/mol. The topological polar surface area (TPSA) is 112 Å². The number of benzene rings is 1. The number of carboxylic acids is 1. The van der Waals surface area contributed by atoms with Gasteiger partial charge >= 0.3 is 18.3 Å². The first-order valence-corrected chi connectivity index (χ1v) is 9.51. The number of phenols is 1. The van der Waals surface area contributed by atoms with Gasteiger partial charge in [-0.2, -0.15) is 26.3 Å². The third-order valence-corrected chi connectivity index (χ3v) is 4.73. The second kappa shape index (κ2) is 10.1. The highest BCUT2D eigenvalue weighted by molar-refractivity contribution is 5.96. The molecule has 180 valence electrons. The van der Waals surface area contributed by atoms with Crippen molar-refractivity contribution >= 4 is 11.8 Å². The van der Waals surface area contributed by atoms with Gasteiger partial charge in [-0.3, -0.25) is 4.79 Å². The van der Waals surface area contributed by atoms with Crippen molar-refractivity contribution in [1.29, 1.82) is 0 Å². The van der Waals surface area contributed by atoms with Crippen LogP contribution in [0.1, 0.15) is 34.5 Å². The molecule has 2 heterocycles. The molecule has 0 spiro atoms. The summed E-state index contributed by atoms with van der Waals surface area (Å²) in [6, 6.07) is 4.25. The maximum atomic E-state index is 12.7. The van der Waals surface area contributed by atoms with Crippen LogP contribution in [0.25, 0.3) is 11.3 Å². The molecule has 3 rings (SSSR count). The van der Waals surface area contributed by atoms with Crippen molar-refractivity contribution in [1.82, 2.24) is 15.5 Å². The third kappa shape index (κ3) is 6.88. The number of hydrogen-bond donors (Lipinski definition) is 3. The molecule has 0 saturated carbocycles. The lowest BCUT2D eigenvalue weighted by Crippen LogP contribution is -2.34. The normalized spacial score (nSPS) is 16.5. The largest absolute Gasteiger partial charge is 0.507 e. The van der Waals surface area contributed by atoms with Crippen LogP contribution >= 0.6 is 0 Å². The van der Waals surface area contributed by atoms with Gasteiger partial charge in [0.1, 0.15) is 11.4 Å². The number of phenolic OH excluding ortho intramolecular Hbond substituents is 1. The van der Waals surface area contributed by atoms with Crippen LogP contribution in [0.5, 0.6) is 5.75 Å². The molecule has 1 aromatic carbocycles. The summed E-state index contributed by atoms with van der Waals surface area (Å²) in [5.74, 6) is -3.54. The lowest BCUT2D eigenvalue weighted by molar-refractivity contribution is -0.192. The Morgan fingerprint density at radius 1 is 1.09 bits per heavy atom. The summed E-state index contributed by atoms with van der Waals surface area (Å²) in [7, 11) is 0. The molecule has 1 fully saturated rings. The highest BCUT2D eigenvalue weighted by atomic mass is 19.4. The maximum Gasteiger partial charge on any atom is 0.490 e. The SMILES string of the molecule is Cc1cc(C(=O)C2CCCNC2)nnc1-c1ccc(C(F)(F)F)cc1O.O=C(O)C(F)(F)F. The van der Waals surface area contributed by atoms with E-state index in [0.29, 0.717) is 18.2 Å². The molecule has 0 radical (unpaired) electrons. The van der Waals surface area contributed by atoms with E-state index in [1.807, 2.05) is 0 Å². The van der Waals surface area contributed by atoms with Gasteiger partial charge in [-0.1, -0.05) is 0 Å².